The van der Waals surface area contributed by atoms with Gasteiger partial charge in [-0.25, -0.2) is 0 Å². The molecule has 22 heavy (non-hydrogen) atoms. The number of aromatic nitrogens is 2. The highest BCUT2D eigenvalue weighted by Gasteiger charge is 2.06. The van der Waals surface area contributed by atoms with Gasteiger partial charge in [0.05, 0.1) is 5.69 Å². The molecule has 4 heteroatoms. The number of nitrogens with zero attached hydrogens (tertiary/aromatic N) is 3. The summed E-state index contributed by atoms with van der Waals surface area (Å²) in [4.78, 5) is 2.08. The van der Waals surface area contributed by atoms with Crippen molar-refractivity contribution in [3.63, 3.8) is 0 Å². The molecular weight excluding hydrogens is 294 g/mol. The summed E-state index contributed by atoms with van der Waals surface area (Å²) in [5, 5.41) is 9.34. The van der Waals surface area contributed by atoms with E-state index in [1.165, 1.54) is 5.56 Å². The van der Waals surface area contributed by atoms with Crippen molar-refractivity contribution >= 4 is 17.4 Å². The average molecular weight is 310 g/mol. The second-order valence-electron chi connectivity index (χ2n) is 5.13. The van der Waals surface area contributed by atoms with Gasteiger partial charge in [-0.1, -0.05) is 54.1 Å². The topological polar surface area (TPSA) is 29.0 Å². The largest absolute Gasteiger partial charge is 0.354 e. The standard InChI is InChI=1S/C18H16ClN3/c1-22(13-14-5-3-2-4-6-14)18-12-11-17(20-21-18)15-7-9-16(19)10-8-15/h2-12H,13H2,1H3. The molecule has 0 spiro atoms. The van der Waals surface area contributed by atoms with Gasteiger partial charge in [0.15, 0.2) is 5.82 Å². The Morgan fingerprint density at radius 2 is 1.59 bits per heavy atom. The number of hydrogen-bond acceptors (Lipinski definition) is 3. The molecule has 0 aliphatic rings. The smallest absolute Gasteiger partial charge is 0.151 e. The molecular formula is C18H16ClN3. The van der Waals surface area contributed by atoms with E-state index in [1.807, 2.05) is 61.6 Å². The van der Waals surface area contributed by atoms with Crippen molar-refractivity contribution in [2.75, 3.05) is 11.9 Å². The summed E-state index contributed by atoms with van der Waals surface area (Å²) in [5.41, 5.74) is 3.09. The van der Waals surface area contributed by atoms with Gasteiger partial charge in [0, 0.05) is 24.2 Å². The van der Waals surface area contributed by atoms with Crippen LogP contribution in [-0.2, 0) is 6.54 Å². The van der Waals surface area contributed by atoms with Gasteiger partial charge in [0.2, 0.25) is 0 Å². The number of hydrogen-bond donors (Lipinski definition) is 0. The van der Waals surface area contributed by atoms with E-state index < -0.39 is 0 Å². The van der Waals surface area contributed by atoms with Crippen LogP contribution in [0.25, 0.3) is 11.3 Å². The molecule has 0 atom stereocenters. The van der Waals surface area contributed by atoms with Crippen LogP contribution in [-0.4, -0.2) is 17.2 Å². The second-order valence-corrected chi connectivity index (χ2v) is 5.56. The number of benzene rings is 2. The number of anilines is 1. The van der Waals surface area contributed by atoms with Gasteiger partial charge in [-0.3, -0.25) is 0 Å². The van der Waals surface area contributed by atoms with Crippen LogP contribution in [0, 0.1) is 0 Å². The molecule has 0 unspecified atom stereocenters. The Labute approximate surface area is 135 Å². The third-order valence-corrected chi connectivity index (χ3v) is 3.70. The molecule has 0 saturated heterocycles. The molecule has 1 aromatic heterocycles. The molecule has 0 radical (unpaired) electrons. The van der Waals surface area contributed by atoms with Crippen LogP contribution < -0.4 is 4.90 Å². The first-order chi connectivity index (χ1) is 10.7. The lowest BCUT2D eigenvalue weighted by Crippen LogP contribution is -2.18. The lowest BCUT2D eigenvalue weighted by atomic mass is 10.1. The predicted molar refractivity (Wildman–Crippen MR) is 91.0 cm³/mol. The van der Waals surface area contributed by atoms with E-state index in [2.05, 4.69) is 27.2 Å². The van der Waals surface area contributed by atoms with E-state index in [9.17, 15) is 0 Å². The molecule has 0 fully saturated rings. The highest BCUT2D eigenvalue weighted by Crippen LogP contribution is 2.20. The van der Waals surface area contributed by atoms with E-state index in [0.29, 0.717) is 0 Å². The van der Waals surface area contributed by atoms with Crippen LogP contribution in [0.15, 0.2) is 66.7 Å². The monoisotopic (exact) mass is 309 g/mol. The van der Waals surface area contributed by atoms with Crippen molar-refractivity contribution in [3.05, 3.63) is 77.3 Å². The Morgan fingerprint density at radius 1 is 0.864 bits per heavy atom. The summed E-state index contributed by atoms with van der Waals surface area (Å²) in [6.45, 7) is 0.801. The predicted octanol–water partition coefficient (Wildman–Crippen LogP) is 4.43. The van der Waals surface area contributed by atoms with Gasteiger partial charge in [0.1, 0.15) is 0 Å². The van der Waals surface area contributed by atoms with Gasteiger partial charge in [-0.2, -0.15) is 0 Å². The minimum atomic E-state index is 0.718. The maximum absolute atomic E-state index is 5.90. The highest BCUT2D eigenvalue weighted by molar-refractivity contribution is 6.30. The van der Waals surface area contributed by atoms with Gasteiger partial charge in [-0.05, 0) is 29.8 Å². The third kappa shape index (κ3) is 3.43. The summed E-state index contributed by atoms with van der Waals surface area (Å²) < 4.78 is 0. The molecule has 0 amide bonds. The summed E-state index contributed by atoms with van der Waals surface area (Å²) in [7, 11) is 2.01. The number of halogens is 1. The van der Waals surface area contributed by atoms with E-state index in [1.54, 1.807) is 0 Å². The molecule has 3 aromatic rings. The van der Waals surface area contributed by atoms with E-state index >= 15 is 0 Å². The van der Waals surface area contributed by atoms with Crippen LogP contribution in [0.1, 0.15) is 5.56 Å². The molecule has 0 bridgehead atoms. The Balaban J connectivity index is 1.75. The fourth-order valence-corrected chi connectivity index (χ4v) is 2.37. The summed E-state index contributed by atoms with van der Waals surface area (Å²) in [5.74, 6) is 0.849. The normalized spacial score (nSPS) is 10.5. The molecule has 2 aromatic carbocycles. The molecule has 0 aliphatic heterocycles. The molecule has 1 heterocycles. The zero-order valence-corrected chi connectivity index (χ0v) is 13.0. The number of rotatable bonds is 4. The second kappa shape index (κ2) is 6.58. The van der Waals surface area contributed by atoms with Crippen LogP contribution >= 0.6 is 11.6 Å². The van der Waals surface area contributed by atoms with Crippen molar-refractivity contribution in [2.45, 2.75) is 6.54 Å². The van der Waals surface area contributed by atoms with Crippen LogP contribution in [0.5, 0.6) is 0 Å². The van der Waals surface area contributed by atoms with Crippen molar-refractivity contribution in [1.29, 1.82) is 0 Å². The highest BCUT2D eigenvalue weighted by atomic mass is 35.5. The lowest BCUT2D eigenvalue weighted by molar-refractivity contribution is 0.868. The zero-order chi connectivity index (χ0) is 15.4. The van der Waals surface area contributed by atoms with Crippen molar-refractivity contribution < 1.29 is 0 Å². The molecule has 110 valence electrons. The van der Waals surface area contributed by atoms with Crippen molar-refractivity contribution in [3.8, 4) is 11.3 Å². The maximum atomic E-state index is 5.90. The molecule has 0 aliphatic carbocycles. The van der Waals surface area contributed by atoms with Crippen molar-refractivity contribution in [2.24, 2.45) is 0 Å². The van der Waals surface area contributed by atoms with E-state index in [4.69, 9.17) is 11.6 Å². The Bertz CT molecular complexity index is 725. The van der Waals surface area contributed by atoms with Gasteiger partial charge < -0.3 is 4.90 Å². The molecule has 0 N–H and O–H groups in total. The van der Waals surface area contributed by atoms with Gasteiger partial charge in [-0.15, -0.1) is 10.2 Å². The van der Waals surface area contributed by atoms with Crippen LogP contribution in [0.3, 0.4) is 0 Å². The first kappa shape index (κ1) is 14.5. The minimum Gasteiger partial charge on any atom is -0.354 e. The fourth-order valence-electron chi connectivity index (χ4n) is 2.24. The quantitative estimate of drug-likeness (QED) is 0.713. The molecule has 3 rings (SSSR count). The van der Waals surface area contributed by atoms with E-state index in [-0.39, 0.29) is 0 Å². The maximum Gasteiger partial charge on any atom is 0.151 e. The van der Waals surface area contributed by atoms with Crippen LogP contribution in [0.2, 0.25) is 5.02 Å². The molecule has 3 nitrogen and oxygen atoms in total. The Morgan fingerprint density at radius 3 is 2.23 bits per heavy atom. The van der Waals surface area contributed by atoms with Crippen LogP contribution in [0.4, 0.5) is 5.82 Å². The van der Waals surface area contributed by atoms with Gasteiger partial charge in [0.25, 0.3) is 0 Å². The third-order valence-electron chi connectivity index (χ3n) is 3.44. The first-order valence-corrected chi connectivity index (χ1v) is 7.45. The zero-order valence-electron chi connectivity index (χ0n) is 12.3. The van der Waals surface area contributed by atoms with E-state index in [0.717, 1.165) is 28.6 Å². The summed E-state index contributed by atoms with van der Waals surface area (Å²) >= 11 is 5.90. The Kier molecular flexibility index (Phi) is 4.35. The fraction of sp³-hybridized carbons (Fsp3) is 0.111. The first-order valence-electron chi connectivity index (χ1n) is 7.07. The molecule has 0 saturated carbocycles. The Hall–Kier alpha value is -2.39. The average Bonchev–Trinajstić information content (AvgIpc) is 2.57. The lowest BCUT2D eigenvalue weighted by Gasteiger charge is -2.17. The van der Waals surface area contributed by atoms with Gasteiger partial charge >= 0.3 is 0 Å². The summed E-state index contributed by atoms with van der Waals surface area (Å²) in [6, 6.07) is 21.9. The van der Waals surface area contributed by atoms with Crippen molar-refractivity contribution in [1.82, 2.24) is 10.2 Å². The minimum absolute atomic E-state index is 0.718. The SMILES string of the molecule is CN(Cc1ccccc1)c1ccc(-c2ccc(Cl)cc2)nn1. The summed E-state index contributed by atoms with van der Waals surface area (Å²) in [6.07, 6.45) is 0.